The second-order valence-electron chi connectivity index (χ2n) is 5.99. The molecule has 1 fully saturated rings. The Morgan fingerprint density at radius 3 is 2.55 bits per heavy atom. The third-order valence-corrected chi connectivity index (χ3v) is 4.76. The molecular weight excluding hydrogens is 316 g/mol. The number of hydrogen-bond donors (Lipinski definition) is 1. The summed E-state index contributed by atoms with van der Waals surface area (Å²) in [7, 11) is 1.99. The van der Waals surface area contributed by atoms with Crippen molar-refractivity contribution in [2.45, 2.75) is 38.1 Å². The summed E-state index contributed by atoms with van der Waals surface area (Å²) in [5.74, 6) is 0.227. The monoisotopic (exact) mass is 338 g/mol. The van der Waals surface area contributed by atoms with Crippen LogP contribution in [0.25, 0.3) is 0 Å². The van der Waals surface area contributed by atoms with Crippen LogP contribution in [0.4, 0.5) is 0 Å². The number of piperidine rings is 1. The molecule has 1 aliphatic rings. The molecular formula is C16H23BrN2O. The molecule has 1 aromatic carbocycles. The number of carbonyl (C=O) groups excluding carboxylic acids is 1. The van der Waals surface area contributed by atoms with Crippen LogP contribution in [0.2, 0.25) is 0 Å². The number of likely N-dealkylation sites (tertiary alicyclic amines) is 1. The maximum atomic E-state index is 12.8. The highest BCUT2D eigenvalue weighted by Crippen LogP contribution is 2.29. The Morgan fingerprint density at radius 1 is 1.35 bits per heavy atom. The van der Waals surface area contributed by atoms with E-state index >= 15 is 0 Å². The molecule has 0 radical (unpaired) electrons. The summed E-state index contributed by atoms with van der Waals surface area (Å²) >= 11 is 3.48. The first-order valence-electron chi connectivity index (χ1n) is 7.18. The molecule has 0 aromatic heterocycles. The van der Waals surface area contributed by atoms with Gasteiger partial charge in [0.1, 0.15) is 0 Å². The smallest absolute Gasteiger partial charge is 0.232 e. The molecule has 3 nitrogen and oxygen atoms in total. The van der Waals surface area contributed by atoms with Crippen LogP contribution in [-0.4, -0.2) is 37.0 Å². The van der Waals surface area contributed by atoms with Gasteiger partial charge in [-0.05, 0) is 51.4 Å². The van der Waals surface area contributed by atoms with Crippen molar-refractivity contribution in [3.05, 3.63) is 34.3 Å². The fraction of sp³-hybridized carbons (Fsp3) is 0.562. The lowest BCUT2D eigenvalue weighted by Crippen LogP contribution is -2.49. The minimum absolute atomic E-state index is 0.227. The topological polar surface area (TPSA) is 32.3 Å². The predicted octanol–water partition coefficient (Wildman–Crippen LogP) is 2.94. The maximum Gasteiger partial charge on any atom is 0.232 e. The number of hydrogen-bond acceptors (Lipinski definition) is 2. The average Bonchev–Trinajstić information content (AvgIpc) is 2.46. The maximum absolute atomic E-state index is 12.8. The van der Waals surface area contributed by atoms with Crippen LogP contribution in [0.1, 0.15) is 32.3 Å². The van der Waals surface area contributed by atoms with Gasteiger partial charge in [0.2, 0.25) is 5.91 Å². The van der Waals surface area contributed by atoms with E-state index < -0.39 is 5.41 Å². The molecule has 4 heteroatoms. The average molecular weight is 339 g/mol. The van der Waals surface area contributed by atoms with Gasteiger partial charge in [-0.1, -0.05) is 28.1 Å². The Balaban J connectivity index is 2.11. The minimum Gasteiger partial charge on any atom is -0.342 e. The highest BCUT2D eigenvalue weighted by atomic mass is 79.9. The molecule has 20 heavy (non-hydrogen) atoms. The van der Waals surface area contributed by atoms with Crippen LogP contribution in [0.5, 0.6) is 0 Å². The SMILES string of the molecule is CNC1CCN(C(=O)C(C)(C)c2cccc(Br)c2)CC1. The third-order valence-electron chi connectivity index (χ3n) is 4.27. The first-order chi connectivity index (χ1) is 9.45. The summed E-state index contributed by atoms with van der Waals surface area (Å²) in [4.78, 5) is 14.8. The Morgan fingerprint density at radius 2 is 2.00 bits per heavy atom. The van der Waals surface area contributed by atoms with E-state index in [1.807, 2.05) is 50.1 Å². The molecule has 2 rings (SSSR count). The van der Waals surface area contributed by atoms with Gasteiger partial charge in [-0.3, -0.25) is 4.79 Å². The number of benzene rings is 1. The van der Waals surface area contributed by atoms with Crippen LogP contribution in [0.3, 0.4) is 0 Å². The van der Waals surface area contributed by atoms with E-state index in [4.69, 9.17) is 0 Å². The highest BCUT2D eigenvalue weighted by Gasteiger charge is 2.35. The van der Waals surface area contributed by atoms with Gasteiger partial charge >= 0.3 is 0 Å². The summed E-state index contributed by atoms with van der Waals surface area (Å²) in [6, 6.07) is 8.60. The van der Waals surface area contributed by atoms with Crippen LogP contribution in [-0.2, 0) is 10.2 Å². The summed E-state index contributed by atoms with van der Waals surface area (Å²) in [6.45, 7) is 5.73. The van der Waals surface area contributed by atoms with E-state index in [0.29, 0.717) is 6.04 Å². The summed E-state index contributed by atoms with van der Waals surface area (Å²) in [5, 5.41) is 3.30. The summed E-state index contributed by atoms with van der Waals surface area (Å²) < 4.78 is 1.02. The largest absolute Gasteiger partial charge is 0.342 e. The van der Waals surface area contributed by atoms with Gasteiger partial charge in [0.15, 0.2) is 0 Å². The molecule has 0 unspecified atom stereocenters. The molecule has 1 amide bonds. The van der Waals surface area contributed by atoms with E-state index in [0.717, 1.165) is 36.0 Å². The standard InChI is InChI=1S/C16H23BrN2O/c1-16(2,12-5-4-6-13(17)11-12)15(20)19-9-7-14(18-3)8-10-19/h4-6,11,14,18H,7-10H2,1-3H3. The van der Waals surface area contributed by atoms with Crippen molar-refractivity contribution in [1.82, 2.24) is 10.2 Å². The molecule has 1 saturated heterocycles. The molecule has 0 bridgehead atoms. The number of amides is 1. The number of halogens is 1. The molecule has 1 aromatic rings. The summed E-state index contributed by atoms with van der Waals surface area (Å²) in [5.41, 5.74) is 0.587. The van der Waals surface area contributed by atoms with Gasteiger partial charge in [0, 0.05) is 23.6 Å². The molecule has 0 saturated carbocycles. The van der Waals surface area contributed by atoms with Gasteiger partial charge in [0.25, 0.3) is 0 Å². The molecule has 0 spiro atoms. The van der Waals surface area contributed by atoms with Crippen LogP contribution < -0.4 is 5.32 Å². The Kier molecular flexibility index (Phi) is 4.86. The van der Waals surface area contributed by atoms with Gasteiger partial charge < -0.3 is 10.2 Å². The van der Waals surface area contributed by atoms with Crippen molar-refractivity contribution < 1.29 is 4.79 Å². The van der Waals surface area contributed by atoms with E-state index in [1.54, 1.807) is 0 Å². The first kappa shape index (κ1) is 15.5. The van der Waals surface area contributed by atoms with E-state index in [1.165, 1.54) is 0 Å². The van der Waals surface area contributed by atoms with Crippen molar-refractivity contribution >= 4 is 21.8 Å². The molecule has 0 atom stereocenters. The molecule has 1 heterocycles. The predicted molar refractivity (Wildman–Crippen MR) is 85.8 cm³/mol. The highest BCUT2D eigenvalue weighted by molar-refractivity contribution is 9.10. The van der Waals surface area contributed by atoms with E-state index in [9.17, 15) is 4.79 Å². The number of nitrogens with one attached hydrogen (secondary N) is 1. The lowest BCUT2D eigenvalue weighted by molar-refractivity contribution is -0.137. The Hall–Kier alpha value is -0.870. The summed E-state index contributed by atoms with van der Waals surface area (Å²) in [6.07, 6.45) is 2.08. The molecule has 0 aliphatic carbocycles. The van der Waals surface area contributed by atoms with Crippen molar-refractivity contribution in [1.29, 1.82) is 0 Å². The number of nitrogens with zero attached hydrogens (tertiary/aromatic N) is 1. The Labute approximate surface area is 129 Å². The zero-order valence-corrected chi connectivity index (χ0v) is 14.0. The number of carbonyl (C=O) groups is 1. The van der Waals surface area contributed by atoms with Gasteiger partial charge in [-0.25, -0.2) is 0 Å². The lowest BCUT2D eigenvalue weighted by atomic mass is 9.82. The number of rotatable bonds is 3. The fourth-order valence-electron chi connectivity index (χ4n) is 2.77. The van der Waals surface area contributed by atoms with Crippen molar-refractivity contribution in [2.24, 2.45) is 0 Å². The van der Waals surface area contributed by atoms with Crippen LogP contribution in [0.15, 0.2) is 28.7 Å². The normalized spacial score (nSPS) is 17.3. The Bertz CT molecular complexity index is 479. The van der Waals surface area contributed by atoms with Gasteiger partial charge in [0.05, 0.1) is 5.41 Å². The van der Waals surface area contributed by atoms with E-state index in [-0.39, 0.29) is 5.91 Å². The zero-order chi connectivity index (χ0) is 14.8. The van der Waals surface area contributed by atoms with Crippen LogP contribution in [0, 0.1) is 0 Å². The van der Waals surface area contributed by atoms with Gasteiger partial charge in [-0.2, -0.15) is 0 Å². The third kappa shape index (κ3) is 3.23. The van der Waals surface area contributed by atoms with Crippen molar-refractivity contribution in [3.63, 3.8) is 0 Å². The van der Waals surface area contributed by atoms with Crippen molar-refractivity contribution in [2.75, 3.05) is 20.1 Å². The zero-order valence-electron chi connectivity index (χ0n) is 12.4. The molecule has 1 N–H and O–H groups in total. The van der Waals surface area contributed by atoms with E-state index in [2.05, 4.69) is 21.2 Å². The second kappa shape index (κ2) is 6.27. The van der Waals surface area contributed by atoms with Crippen molar-refractivity contribution in [3.8, 4) is 0 Å². The van der Waals surface area contributed by atoms with Crippen LogP contribution >= 0.6 is 15.9 Å². The molecule has 110 valence electrons. The fourth-order valence-corrected chi connectivity index (χ4v) is 3.17. The second-order valence-corrected chi connectivity index (χ2v) is 6.91. The minimum atomic E-state index is -0.476. The lowest BCUT2D eigenvalue weighted by Gasteiger charge is -2.37. The first-order valence-corrected chi connectivity index (χ1v) is 7.97. The van der Waals surface area contributed by atoms with Gasteiger partial charge in [-0.15, -0.1) is 0 Å². The quantitative estimate of drug-likeness (QED) is 0.918. The molecule has 1 aliphatic heterocycles.